The summed E-state index contributed by atoms with van der Waals surface area (Å²) in [6.07, 6.45) is 0.279. The molecule has 0 radical (unpaired) electrons. The van der Waals surface area contributed by atoms with Crippen LogP contribution in [-0.2, 0) is 15.3 Å². The van der Waals surface area contributed by atoms with Crippen LogP contribution < -0.4 is 10.6 Å². The minimum absolute atomic E-state index is 0.00800. The monoisotopic (exact) mass is 448 g/mol. The fraction of sp³-hybridized carbons (Fsp3) is 0.333. The van der Waals surface area contributed by atoms with Crippen LogP contribution in [0.4, 0.5) is 0 Å². The Labute approximate surface area is 192 Å². The highest BCUT2D eigenvalue weighted by atomic mass is 16.2. The summed E-state index contributed by atoms with van der Waals surface area (Å²) in [6.45, 7) is 5.40. The molecule has 1 unspecified atom stereocenters. The summed E-state index contributed by atoms with van der Waals surface area (Å²) in [5.74, 6) is -0.575. The molecule has 1 heterocycles. The van der Waals surface area contributed by atoms with Crippen LogP contribution in [0.3, 0.4) is 0 Å². The first-order valence-electron chi connectivity index (χ1n) is 10.8. The van der Waals surface area contributed by atoms with Gasteiger partial charge >= 0.3 is 0 Å². The lowest BCUT2D eigenvalue weighted by molar-refractivity contribution is -0.137. The third-order valence-electron chi connectivity index (χ3n) is 5.09. The van der Waals surface area contributed by atoms with Crippen LogP contribution in [0.25, 0.3) is 11.4 Å². The van der Waals surface area contributed by atoms with Crippen molar-refractivity contribution in [1.82, 2.24) is 30.8 Å². The van der Waals surface area contributed by atoms with E-state index in [4.69, 9.17) is 0 Å². The summed E-state index contributed by atoms with van der Waals surface area (Å²) in [6, 6.07) is 18.0. The molecule has 9 nitrogen and oxygen atoms in total. The Bertz CT molecular complexity index is 1100. The third kappa shape index (κ3) is 5.88. The van der Waals surface area contributed by atoms with E-state index >= 15 is 0 Å². The second-order valence-corrected chi connectivity index (χ2v) is 8.20. The topological polar surface area (TPSA) is 119 Å². The van der Waals surface area contributed by atoms with Gasteiger partial charge in [-0.25, -0.2) is 0 Å². The van der Waals surface area contributed by atoms with Gasteiger partial charge in [-0.05, 0) is 30.2 Å². The van der Waals surface area contributed by atoms with Crippen LogP contribution in [0.15, 0.2) is 60.7 Å². The Morgan fingerprint density at radius 3 is 2.24 bits per heavy atom. The van der Waals surface area contributed by atoms with E-state index in [1.54, 1.807) is 24.3 Å². The van der Waals surface area contributed by atoms with Gasteiger partial charge in [-0.1, -0.05) is 62.4 Å². The summed E-state index contributed by atoms with van der Waals surface area (Å²) in [4.78, 5) is 39.0. The molecule has 33 heavy (non-hydrogen) atoms. The second-order valence-electron chi connectivity index (χ2n) is 8.20. The molecule has 0 bridgehead atoms. The minimum atomic E-state index is -1.48. The molecule has 2 aromatic carbocycles. The average molecular weight is 449 g/mol. The first-order chi connectivity index (χ1) is 15.8. The molecular formula is C24H28N6O3. The number of amides is 2. The van der Waals surface area contributed by atoms with E-state index in [1.807, 2.05) is 50.2 Å². The zero-order chi connectivity index (χ0) is 23.8. The number of carbonyl (C=O) groups excluding carboxylic acids is 3. The van der Waals surface area contributed by atoms with Crippen molar-refractivity contribution in [3.8, 4) is 11.4 Å². The van der Waals surface area contributed by atoms with E-state index in [2.05, 4.69) is 26.0 Å². The third-order valence-corrected chi connectivity index (χ3v) is 5.09. The molecule has 2 N–H and O–H groups in total. The maximum absolute atomic E-state index is 12.8. The molecule has 2 amide bonds. The number of nitrogens with zero attached hydrogens (tertiary/aromatic N) is 4. The number of nitrogens with one attached hydrogen (secondary N) is 2. The molecule has 0 saturated carbocycles. The first-order valence-corrected chi connectivity index (χ1v) is 10.8. The van der Waals surface area contributed by atoms with Gasteiger partial charge in [-0.3, -0.25) is 14.4 Å². The standard InChI is InChI=1S/C24H28N6O3/c1-17(2)16-24(18(3)31,30-28-22(27-29-30)19-10-6-4-7-11-19)26-21(32)14-15-25-23(33)20-12-8-5-9-13-20/h4-13,17H,14-16H2,1-3H3,(H,25,33)(H,26,32). The van der Waals surface area contributed by atoms with Gasteiger partial charge in [0.1, 0.15) is 0 Å². The number of hydrogen-bond acceptors (Lipinski definition) is 6. The van der Waals surface area contributed by atoms with Gasteiger partial charge in [-0.2, -0.15) is 0 Å². The molecule has 3 rings (SSSR count). The van der Waals surface area contributed by atoms with Crippen LogP contribution in [0.1, 0.15) is 44.0 Å². The molecule has 3 aromatic rings. The van der Waals surface area contributed by atoms with Crippen molar-refractivity contribution >= 4 is 17.6 Å². The fourth-order valence-corrected chi connectivity index (χ4v) is 3.50. The Morgan fingerprint density at radius 2 is 1.64 bits per heavy atom. The Hall–Kier alpha value is -3.88. The average Bonchev–Trinajstić information content (AvgIpc) is 3.30. The van der Waals surface area contributed by atoms with Crippen LogP contribution >= 0.6 is 0 Å². The Morgan fingerprint density at radius 1 is 1.00 bits per heavy atom. The van der Waals surface area contributed by atoms with Gasteiger partial charge in [-0.15, -0.1) is 15.0 Å². The molecule has 0 spiro atoms. The molecule has 9 heteroatoms. The SMILES string of the molecule is CC(=O)C(CC(C)C)(NC(=O)CCNC(=O)c1ccccc1)n1nnc(-c2ccccc2)n1. The van der Waals surface area contributed by atoms with Crippen LogP contribution in [0.5, 0.6) is 0 Å². The smallest absolute Gasteiger partial charge is 0.251 e. The van der Waals surface area contributed by atoms with Crippen molar-refractivity contribution in [2.24, 2.45) is 5.92 Å². The maximum Gasteiger partial charge on any atom is 0.251 e. The van der Waals surface area contributed by atoms with Gasteiger partial charge in [0.05, 0.1) is 0 Å². The van der Waals surface area contributed by atoms with Crippen LogP contribution in [0, 0.1) is 5.92 Å². The molecule has 0 saturated heterocycles. The highest BCUT2D eigenvalue weighted by Crippen LogP contribution is 2.24. The first kappa shape index (κ1) is 23.8. The summed E-state index contributed by atoms with van der Waals surface area (Å²) in [5.41, 5.74) is -0.217. The molecule has 0 aliphatic carbocycles. The van der Waals surface area contributed by atoms with Gasteiger partial charge in [0.25, 0.3) is 5.91 Å². The molecule has 0 aliphatic rings. The molecular weight excluding hydrogens is 420 g/mol. The molecule has 1 atom stereocenters. The van der Waals surface area contributed by atoms with E-state index < -0.39 is 11.6 Å². The van der Waals surface area contributed by atoms with Crippen molar-refractivity contribution in [2.45, 2.75) is 39.3 Å². The van der Waals surface area contributed by atoms with Crippen molar-refractivity contribution in [2.75, 3.05) is 6.54 Å². The van der Waals surface area contributed by atoms with Crippen molar-refractivity contribution in [3.63, 3.8) is 0 Å². The Balaban J connectivity index is 1.75. The zero-order valence-electron chi connectivity index (χ0n) is 19.0. The number of hydrogen-bond donors (Lipinski definition) is 2. The minimum Gasteiger partial charge on any atom is -0.352 e. The predicted molar refractivity (Wildman–Crippen MR) is 123 cm³/mol. The highest BCUT2D eigenvalue weighted by molar-refractivity contribution is 5.94. The number of carbonyl (C=O) groups is 3. The van der Waals surface area contributed by atoms with Gasteiger partial charge in [0, 0.05) is 30.5 Å². The maximum atomic E-state index is 12.8. The Kier molecular flexibility index (Phi) is 7.66. The molecule has 0 aliphatic heterocycles. The lowest BCUT2D eigenvalue weighted by Crippen LogP contribution is -2.57. The van der Waals surface area contributed by atoms with Crippen LogP contribution in [0.2, 0.25) is 0 Å². The van der Waals surface area contributed by atoms with Gasteiger partial charge in [0.15, 0.2) is 5.78 Å². The number of Topliss-reactive ketones (excluding diaryl/α,β-unsaturated/α-hetero) is 1. The summed E-state index contributed by atoms with van der Waals surface area (Å²) in [5, 5.41) is 18.1. The van der Waals surface area contributed by atoms with E-state index in [0.29, 0.717) is 11.4 Å². The number of benzene rings is 2. The van der Waals surface area contributed by atoms with Crippen LogP contribution in [-0.4, -0.2) is 44.3 Å². The van der Waals surface area contributed by atoms with E-state index in [0.717, 1.165) is 5.56 Å². The van der Waals surface area contributed by atoms with E-state index in [-0.39, 0.29) is 37.0 Å². The molecule has 172 valence electrons. The van der Waals surface area contributed by atoms with Crippen molar-refractivity contribution in [3.05, 3.63) is 66.2 Å². The second kappa shape index (κ2) is 10.6. The number of ketones is 1. The summed E-state index contributed by atoms with van der Waals surface area (Å²) < 4.78 is 0. The lowest BCUT2D eigenvalue weighted by atomic mass is 9.93. The predicted octanol–water partition coefficient (Wildman–Crippen LogP) is 2.56. The lowest BCUT2D eigenvalue weighted by Gasteiger charge is -2.32. The van der Waals surface area contributed by atoms with Crippen molar-refractivity contribution in [1.29, 1.82) is 0 Å². The number of rotatable bonds is 10. The van der Waals surface area contributed by atoms with Gasteiger partial charge < -0.3 is 10.6 Å². The quantitative estimate of drug-likeness (QED) is 0.492. The largest absolute Gasteiger partial charge is 0.352 e. The number of aromatic nitrogens is 4. The highest BCUT2D eigenvalue weighted by Gasteiger charge is 2.42. The molecule has 1 aromatic heterocycles. The summed E-state index contributed by atoms with van der Waals surface area (Å²) >= 11 is 0. The zero-order valence-corrected chi connectivity index (χ0v) is 19.0. The van der Waals surface area contributed by atoms with E-state index in [1.165, 1.54) is 11.7 Å². The molecule has 0 fully saturated rings. The van der Waals surface area contributed by atoms with Gasteiger partial charge in [0.2, 0.25) is 17.4 Å². The van der Waals surface area contributed by atoms with E-state index in [9.17, 15) is 14.4 Å². The summed E-state index contributed by atoms with van der Waals surface area (Å²) in [7, 11) is 0. The number of tetrazole rings is 1. The van der Waals surface area contributed by atoms with Crippen molar-refractivity contribution < 1.29 is 14.4 Å². The fourth-order valence-electron chi connectivity index (χ4n) is 3.50. The normalized spacial score (nSPS) is 12.7.